The summed E-state index contributed by atoms with van der Waals surface area (Å²) in [5.41, 5.74) is 2.61. The van der Waals surface area contributed by atoms with E-state index < -0.39 is 17.7 Å². The van der Waals surface area contributed by atoms with Crippen molar-refractivity contribution in [2.75, 3.05) is 13.7 Å². The van der Waals surface area contributed by atoms with E-state index in [1.807, 2.05) is 39.8 Å². The third kappa shape index (κ3) is 4.07. The predicted molar refractivity (Wildman–Crippen MR) is 124 cm³/mol. The predicted octanol–water partition coefficient (Wildman–Crippen LogP) is 5.32. The van der Waals surface area contributed by atoms with Gasteiger partial charge in [-0.3, -0.25) is 9.59 Å². The number of hydrogen-bond acceptors (Lipinski definition) is 5. The summed E-state index contributed by atoms with van der Waals surface area (Å²) < 4.78 is 5.48. The number of likely N-dealkylation sites (tertiary alicyclic amines) is 1. The van der Waals surface area contributed by atoms with E-state index in [1.54, 1.807) is 13.2 Å². The van der Waals surface area contributed by atoms with Gasteiger partial charge in [0.2, 0.25) is 0 Å². The molecule has 1 fully saturated rings. The number of ketones is 1. The Morgan fingerprint density at radius 1 is 1.22 bits per heavy atom. The first kappa shape index (κ1) is 23.7. The zero-order chi connectivity index (χ0) is 23.7. The van der Waals surface area contributed by atoms with Crippen molar-refractivity contribution in [2.24, 2.45) is 0 Å². The van der Waals surface area contributed by atoms with Gasteiger partial charge in [0.15, 0.2) is 0 Å². The molecule has 0 aromatic heterocycles. The Morgan fingerprint density at radius 2 is 1.91 bits per heavy atom. The van der Waals surface area contributed by atoms with Crippen molar-refractivity contribution in [1.29, 1.82) is 0 Å². The number of hydrogen-bond donors (Lipinski definition) is 2. The number of phenols is 1. The third-order valence-electron chi connectivity index (χ3n) is 5.75. The summed E-state index contributed by atoms with van der Waals surface area (Å²) >= 11 is 6.12. The largest absolute Gasteiger partial charge is 0.507 e. The maximum Gasteiger partial charge on any atom is 0.295 e. The Morgan fingerprint density at radius 3 is 2.47 bits per heavy atom. The number of aryl methyl sites for hydroxylation is 1. The molecule has 7 heteroatoms. The molecule has 2 N–H and O–H groups in total. The molecule has 1 saturated heterocycles. The number of rotatable bonds is 6. The lowest BCUT2D eigenvalue weighted by atomic mass is 9.91. The molecule has 3 rings (SSSR count). The smallest absolute Gasteiger partial charge is 0.295 e. The lowest BCUT2D eigenvalue weighted by Gasteiger charge is -2.25. The second-order valence-electron chi connectivity index (χ2n) is 8.27. The first-order valence-corrected chi connectivity index (χ1v) is 11.0. The average molecular weight is 458 g/mol. The Bertz CT molecular complexity index is 1110. The van der Waals surface area contributed by atoms with Crippen LogP contribution in [0.25, 0.3) is 5.76 Å². The number of methoxy groups -OCH3 is 1. The minimum Gasteiger partial charge on any atom is -0.507 e. The first-order valence-electron chi connectivity index (χ1n) is 10.6. The van der Waals surface area contributed by atoms with Gasteiger partial charge in [0, 0.05) is 12.1 Å². The minimum absolute atomic E-state index is 0.00757. The fraction of sp³-hybridized carbons (Fsp3) is 0.360. The molecule has 1 atom stereocenters. The van der Waals surface area contributed by atoms with Crippen LogP contribution in [0.3, 0.4) is 0 Å². The van der Waals surface area contributed by atoms with Crippen LogP contribution in [-0.4, -0.2) is 40.5 Å². The maximum atomic E-state index is 13.1. The van der Waals surface area contributed by atoms with E-state index in [9.17, 15) is 19.8 Å². The van der Waals surface area contributed by atoms with Gasteiger partial charge in [-0.25, -0.2) is 0 Å². The molecule has 0 radical (unpaired) electrons. The average Bonchev–Trinajstić information content (AvgIpc) is 3.00. The number of benzene rings is 2. The molecule has 0 saturated carbocycles. The van der Waals surface area contributed by atoms with Gasteiger partial charge in [0.05, 0.1) is 23.7 Å². The third-order valence-corrected chi connectivity index (χ3v) is 6.05. The van der Waals surface area contributed by atoms with Gasteiger partial charge in [0.1, 0.15) is 17.3 Å². The van der Waals surface area contributed by atoms with Gasteiger partial charge in [-0.2, -0.15) is 0 Å². The van der Waals surface area contributed by atoms with Gasteiger partial charge in [-0.05, 0) is 60.2 Å². The van der Waals surface area contributed by atoms with Gasteiger partial charge in [-0.15, -0.1) is 0 Å². The maximum absolute atomic E-state index is 13.1. The van der Waals surface area contributed by atoms with Crippen LogP contribution < -0.4 is 4.74 Å². The number of aliphatic hydroxyl groups is 1. The number of nitrogens with zero attached hydrogens (tertiary/aromatic N) is 1. The van der Waals surface area contributed by atoms with Crippen LogP contribution >= 0.6 is 11.6 Å². The summed E-state index contributed by atoms with van der Waals surface area (Å²) in [6, 6.07) is 7.36. The normalized spacial score (nSPS) is 18.0. The van der Waals surface area contributed by atoms with Crippen molar-refractivity contribution in [3.8, 4) is 11.5 Å². The highest BCUT2D eigenvalue weighted by Crippen LogP contribution is 2.42. The van der Waals surface area contributed by atoms with E-state index in [0.29, 0.717) is 35.4 Å². The summed E-state index contributed by atoms with van der Waals surface area (Å²) in [7, 11) is 1.59. The fourth-order valence-corrected chi connectivity index (χ4v) is 4.31. The van der Waals surface area contributed by atoms with Crippen molar-refractivity contribution in [1.82, 2.24) is 4.90 Å². The molecular weight excluding hydrogens is 430 g/mol. The number of amides is 1. The molecule has 2 aromatic carbocycles. The number of aromatic hydroxyl groups is 1. The molecule has 6 nitrogen and oxygen atoms in total. The molecule has 1 unspecified atom stereocenters. The number of carbonyl (C=O) groups excluding carboxylic acids is 2. The monoisotopic (exact) mass is 457 g/mol. The highest BCUT2D eigenvalue weighted by Gasteiger charge is 2.46. The molecule has 1 aliphatic heterocycles. The summed E-state index contributed by atoms with van der Waals surface area (Å²) in [5, 5.41) is 21.3. The van der Waals surface area contributed by atoms with E-state index in [2.05, 4.69) is 0 Å². The summed E-state index contributed by atoms with van der Waals surface area (Å²) in [4.78, 5) is 27.4. The number of aliphatic hydroxyl groups excluding tert-OH is 1. The molecule has 1 aliphatic rings. The SMILES string of the molecule is CCCN1C(=O)C(=O)/C(=C(/O)c2cc(C(C)C)c(OC)cc2C)C1c1ccc(O)c(Cl)c1. The molecular formula is C25H28ClNO5. The number of phenolic OH excluding ortho intramolecular Hbond substituents is 1. The Hall–Kier alpha value is -2.99. The van der Waals surface area contributed by atoms with Gasteiger partial charge in [-0.1, -0.05) is 38.4 Å². The second-order valence-corrected chi connectivity index (χ2v) is 8.67. The standard InChI is InChI=1S/C25H28ClNO5/c1-6-9-27-22(15-7-8-19(28)18(26)11-15)21(24(30)25(27)31)23(29)17-12-16(13(2)3)20(32-5)10-14(17)4/h7-8,10-13,22,28-29H,6,9H2,1-5H3/b23-21+. The molecule has 0 bridgehead atoms. The topological polar surface area (TPSA) is 87.1 Å². The van der Waals surface area contributed by atoms with Crippen LogP contribution in [0.1, 0.15) is 61.4 Å². The zero-order valence-corrected chi connectivity index (χ0v) is 19.7. The highest BCUT2D eigenvalue weighted by molar-refractivity contribution is 6.46. The Balaban J connectivity index is 2.28. The number of halogens is 1. The lowest BCUT2D eigenvalue weighted by molar-refractivity contribution is -0.139. The molecule has 0 spiro atoms. The van der Waals surface area contributed by atoms with Gasteiger partial charge < -0.3 is 19.8 Å². The van der Waals surface area contributed by atoms with Crippen molar-refractivity contribution in [2.45, 2.75) is 46.1 Å². The molecule has 2 aromatic rings. The molecule has 32 heavy (non-hydrogen) atoms. The fourth-order valence-electron chi connectivity index (χ4n) is 4.12. The van der Waals surface area contributed by atoms with E-state index in [-0.39, 0.29) is 28.0 Å². The molecule has 0 aliphatic carbocycles. The van der Waals surface area contributed by atoms with Crippen molar-refractivity contribution in [3.63, 3.8) is 0 Å². The van der Waals surface area contributed by atoms with E-state index >= 15 is 0 Å². The van der Waals surface area contributed by atoms with Crippen molar-refractivity contribution >= 4 is 29.1 Å². The summed E-state index contributed by atoms with van der Waals surface area (Å²) in [6.07, 6.45) is 0.633. The number of carbonyl (C=O) groups is 2. The van der Waals surface area contributed by atoms with Crippen LogP contribution in [0.2, 0.25) is 5.02 Å². The highest BCUT2D eigenvalue weighted by atomic mass is 35.5. The first-order chi connectivity index (χ1) is 15.1. The van der Waals surface area contributed by atoms with E-state index in [1.165, 1.54) is 17.0 Å². The lowest BCUT2D eigenvalue weighted by Crippen LogP contribution is -2.30. The van der Waals surface area contributed by atoms with Gasteiger partial charge in [0.25, 0.3) is 11.7 Å². The van der Waals surface area contributed by atoms with Crippen LogP contribution in [-0.2, 0) is 9.59 Å². The number of ether oxygens (including phenoxy) is 1. The second kappa shape index (κ2) is 9.25. The van der Waals surface area contributed by atoms with Crippen LogP contribution in [0.5, 0.6) is 11.5 Å². The summed E-state index contributed by atoms with van der Waals surface area (Å²) in [5.74, 6) is -0.938. The van der Waals surface area contributed by atoms with E-state index in [4.69, 9.17) is 16.3 Å². The van der Waals surface area contributed by atoms with Crippen molar-refractivity contribution in [3.05, 3.63) is 63.2 Å². The molecule has 1 amide bonds. The summed E-state index contributed by atoms with van der Waals surface area (Å²) in [6.45, 7) is 8.08. The molecule has 1 heterocycles. The van der Waals surface area contributed by atoms with Crippen LogP contribution in [0.15, 0.2) is 35.9 Å². The number of Topliss-reactive ketones (excluding diaryl/α,β-unsaturated/α-hetero) is 1. The van der Waals surface area contributed by atoms with Crippen molar-refractivity contribution < 1.29 is 24.5 Å². The Kier molecular flexibility index (Phi) is 6.84. The van der Waals surface area contributed by atoms with Gasteiger partial charge >= 0.3 is 0 Å². The molecule has 170 valence electrons. The quantitative estimate of drug-likeness (QED) is 0.348. The zero-order valence-electron chi connectivity index (χ0n) is 18.9. The van der Waals surface area contributed by atoms with E-state index in [0.717, 1.165) is 5.56 Å². The van der Waals surface area contributed by atoms with Crippen LogP contribution in [0.4, 0.5) is 0 Å². The Labute approximate surface area is 193 Å². The minimum atomic E-state index is -0.808. The van der Waals surface area contributed by atoms with Crippen LogP contribution in [0, 0.1) is 6.92 Å².